The van der Waals surface area contributed by atoms with Gasteiger partial charge in [0.15, 0.2) is 5.82 Å². The van der Waals surface area contributed by atoms with Gasteiger partial charge >= 0.3 is 0 Å². The lowest BCUT2D eigenvalue weighted by molar-refractivity contribution is 0.514. The molecule has 4 rings (SSSR count). The summed E-state index contributed by atoms with van der Waals surface area (Å²) >= 11 is 0. The molecular formula is C23H17N3O. The van der Waals surface area contributed by atoms with E-state index in [0.29, 0.717) is 11.4 Å². The molecule has 0 aliphatic heterocycles. The summed E-state index contributed by atoms with van der Waals surface area (Å²) < 4.78 is 0. The Bertz CT molecular complexity index is 1120. The zero-order chi connectivity index (χ0) is 18.6. The fraction of sp³-hybridized carbons (Fsp3) is 0.0435. The van der Waals surface area contributed by atoms with Gasteiger partial charge in [-0.2, -0.15) is 5.26 Å². The molecule has 2 N–H and O–H groups in total. The van der Waals surface area contributed by atoms with E-state index in [1.165, 1.54) is 5.56 Å². The van der Waals surface area contributed by atoms with Crippen LogP contribution in [0.2, 0.25) is 0 Å². The van der Waals surface area contributed by atoms with Gasteiger partial charge in [-0.25, -0.2) is 4.98 Å². The van der Waals surface area contributed by atoms with Gasteiger partial charge in [-0.05, 0) is 29.7 Å². The van der Waals surface area contributed by atoms with E-state index < -0.39 is 0 Å². The number of rotatable bonds is 4. The third-order valence-corrected chi connectivity index (χ3v) is 4.45. The molecule has 4 aromatic rings. The summed E-state index contributed by atoms with van der Waals surface area (Å²) in [5.41, 5.74) is 4.66. The highest BCUT2D eigenvalue weighted by Crippen LogP contribution is 2.24. The van der Waals surface area contributed by atoms with E-state index in [2.05, 4.69) is 28.2 Å². The summed E-state index contributed by atoms with van der Waals surface area (Å²) in [6.07, 6.45) is 0.820. The van der Waals surface area contributed by atoms with Crippen molar-refractivity contribution in [2.45, 2.75) is 6.42 Å². The van der Waals surface area contributed by atoms with E-state index in [0.717, 1.165) is 23.0 Å². The second-order valence-corrected chi connectivity index (χ2v) is 6.30. The first kappa shape index (κ1) is 16.6. The van der Waals surface area contributed by atoms with E-state index in [1.807, 2.05) is 66.7 Å². The number of imidazole rings is 1. The normalized spacial score (nSPS) is 11.8. The molecule has 27 heavy (non-hydrogen) atoms. The van der Waals surface area contributed by atoms with Gasteiger partial charge < -0.3 is 10.1 Å². The maximum Gasteiger partial charge on any atom is 0.153 e. The van der Waals surface area contributed by atoms with Gasteiger partial charge in [-0.3, -0.25) is 0 Å². The van der Waals surface area contributed by atoms with Gasteiger partial charge in [0, 0.05) is 5.56 Å². The minimum Gasteiger partial charge on any atom is -0.506 e. The van der Waals surface area contributed by atoms with Gasteiger partial charge in [0.05, 0.1) is 11.0 Å². The summed E-state index contributed by atoms with van der Waals surface area (Å²) in [5.74, 6) is 0.285. The Balaban J connectivity index is 1.65. The number of aliphatic hydroxyl groups excluding tert-OH is 1. The number of allylic oxidation sites excluding steroid dienone is 1. The molecule has 0 aliphatic carbocycles. The molecule has 0 fully saturated rings. The third kappa shape index (κ3) is 3.44. The van der Waals surface area contributed by atoms with Crippen molar-refractivity contribution in [3.63, 3.8) is 0 Å². The Hall–Kier alpha value is -3.84. The van der Waals surface area contributed by atoms with E-state index in [9.17, 15) is 10.4 Å². The highest BCUT2D eigenvalue weighted by atomic mass is 16.3. The fourth-order valence-corrected chi connectivity index (χ4v) is 3.05. The quantitative estimate of drug-likeness (QED) is 0.397. The molecule has 0 bridgehead atoms. The Morgan fingerprint density at radius 1 is 0.889 bits per heavy atom. The number of hydrogen-bond donors (Lipinski definition) is 2. The Morgan fingerprint density at radius 3 is 2.26 bits per heavy atom. The number of H-pyrrole nitrogens is 1. The molecule has 0 aliphatic rings. The first-order valence-corrected chi connectivity index (χ1v) is 8.66. The average molecular weight is 351 g/mol. The SMILES string of the molecule is N#CC(=C(O)c1ccc(Cc2ccccc2)cc1)c1nc2ccccc2[nH]1. The summed E-state index contributed by atoms with van der Waals surface area (Å²) in [4.78, 5) is 7.50. The lowest BCUT2D eigenvalue weighted by Crippen LogP contribution is -1.94. The molecule has 1 aromatic heterocycles. The maximum absolute atomic E-state index is 10.6. The van der Waals surface area contributed by atoms with Crippen LogP contribution in [-0.4, -0.2) is 15.1 Å². The second kappa shape index (κ2) is 7.19. The monoisotopic (exact) mass is 351 g/mol. The van der Waals surface area contributed by atoms with Crippen LogP contribution in [-0.2, 0) is 6.42 Å². The molecule has 0 radical (unpaired) electrons. The predicted octanol–water partition coefficient (Wildman–Crippen LogP) is 5.10. The molecule has 1 heterocycles. The van der Waals surface area contributed by atoms with Crippen LogP contribution in [0.5, 0.6) is 0 Å². The van der Waals surface area contributed by atoms with Gasteiger partial charge in [0.25, 0.3) is 0 Å². The van der Waals surface area contributed by atoms with Crippen molar-refractivity contribution in [3.05, 3.63) is 101 Å². The first-order chi connectivity index (χ1) is 13.2. The van der Waals surface area contributed by atoms with Crippen molar-refractivity contribution in [1.82, 2.24) is 9.97 Å². The van der Waals surface area contributed by atoms with Gasteiger partial charge in [-0.1, -0.05) is 66.7 Å². The zero-order valence-electron chi connectivity index (χ0n) is 14.6. The average Bonchev–Trinajstić information content (AvgIpc) is 3.13. The number of benzene rings is 3. The third-order valence-electron chi connectivity index (χ3n) is 4.45. The van der Waals surface area contributed by atoms with Gasteiger partial charge in [0.2, 0.25) is 0 Å². The van der Waals surface area contributed by atoms with Crippen molar-refractivity contribution < 1.29 is 5.11 Å². The van der Waals surface area contributed by atoms with Crippen molar-refractivity contribution in [2.24, 2.45) is 0 Å². The van der Waals surface area contributed by atoms with Crippen molar-refractivity contribution in [2.75, 3.05) is 0 Å². The highest BCUT2D eigenvalue weighted by Gasteiger charge is 2.14. The molecule has 4 heteroatoms. The van der Waals surface area contributed by atoms with Crippen LogP contribution in [0.3, 0.4) is 0 Å². The molecule has 0 amide bonds. The molecule has 0 spiro atoms. The van der Waals surface area contributed by atoms with Gasteiger partial charge in [0.1, 0.15) is 17.4 Å². The number of nitriles is 1. The minimum atomic E-state index is -0.0807. The molecule has 0 saturated carbocycles. The van der Waals surface area contributed by atoms with E-state index in [4.69, 9.17) is 0 Å². The lowest BCUT2D eigenvalue weighted by Gasteiger charge is -2.06. The Labute approximate surface area is 157 Å². The number of aromatic amines is 1. The van der Waals surface area contributed by atoms with Crippen LogP contribution in [0, 0.1) is 11.3 Å². The lowest BCUT2D eigenvalue weighted by atomic mass is 10.0. The summed E-state index contributed by atoms with van der Waals surface area (Å²) in [5, 5.41) is 20.2. The molecule has 0 saturated heterocycles. The van der Waals surface area contributed by atoms with E-state index in [1.54, 1.807) is 0 Å². The van der Waals surface area contributed by atoms with Crippen molar-refractivity contribution >= 4 is 22.4 Å². The summed E-state index contributed by atoms with van der Waals surface area (Å²) in [7, 11) is 0. The highest BCUT2D eigenvalue weighted by molar-refractivity contribution is 5.94. The molecule has 4 nitrogen and oxygen atoms in total. The van der Waals surface area contributed by atoms with Gasteiger partial charge in [-0.15, -0.1) is 0 Å². The smallest absolute Gasteiger partial charge is 0.153 e. The van der Waals surface area contributed by atoms with Crippen LogP contribution >= 0.6 is 0 Å². The standard InChI is InChI=1S/C23H17N3O/c24-15-19(23-25-20-8-4-5-9-21(20)26-23)22(27)18-12-10-17(11-13-18)14-16-6-2-1-3-7-16/h1-13,27H,14H2,(H,25,26). The first-order valence-electron chi connectivity index (χ1n) is 8.66. The minimum absolute atomic E-state index is 0.0807. The number of aromatic nitrogens is 2. The van der Waals surface area contributed by atoms with Crippen LogP contribution in [0.1, 0.15) is 22.5 Å². The second-order valence-electron chi connectivity index (χ2n) is 6.30. The number of para-hydroxylation sites is 2. The fourth-order valence-electron chi connectivity index (χ4n) is 3.05. The van der Waals surface area contributed by atoms with Crippen molar-refractivity contribution in [1.29, 1.82) is 5.26 Å². The van der Waals surface area contributed by atoms with Crippen molar-refractivity contribution in [3.8, 4) is 6.07 Å². The van der Waals surface area contributed by atoms with Crippen LogP contribution in [0.25, 0.3) is 22.4 Å². The maximum atomic E-state index is 10.6. The van der Waals surface area contributed by atoms with Crippen LogP contribution < -0.4 is 0 Å². The molecular weight excluding hydrogens is 334 g/mol. The molecule has 130 valence electrons. The van der Waals surface area contributed by atoms with E-state index >= 15 is 0 Å². The predicted molar refractivity (Wildman–Crippen MR) is 107 cm³/mol. The van der Waals surface area contributed by atoms with Crippen LogP contribution in [0.15, 0.2) is 78.9 Å². The number of nitrogens with one attached hydrogen (secondary N) is 1. The summed E-state index contributed by atoms with van der Waals surface area (Å²) in [6, 6.07) is 27.4. The molecule has 0 atom stereocenters. The topological polar surface area (TPSA) is 72.7 Å². The zero-order valence-corrected chi connectivity index (χ0v) is 14.6. The van der Waals surface area contributed by atoms with E-state index in [-0.39, 0.29) is 11.3 Å². The molecule has 3 aromatic carbocycles. The number of nitrogens with zero attached hydrogens (tertiary/aromatic N) is 2. The molecule has 0 unspecified atom stereocenters. The van der Waals surface area contributed by atoms with Crippen LogP contribution in [0.4, 0.5) is 0 Å². The number of hydrogen-bond acceptors (Lipinski definition) is 3. The largest absolute Gasteiger partial charge is 0.506 e. The Kier molecular flexibility index (Phi) is 4.42. The number of fused-ring (bicyclic) bond motifs is 1. The Morgan fingerprint density at radius 2 is 1.56 bits per heavy atom. The number of aliphatic hydroxyl groups is 1. The summed E-state index contributed by atoms with van der Waals surface area (Å²) in [6.45, 7) is 0.